The predicted molar refractivity (Wildman–Crippen MR) is 140 cm³/mol. The fourth-order valence-electron chi connectivity index (χ4n) is 4.34. The van der Waals surface area contributed by atoms with E-state index in [-0.39, 0.29) is 18.0 Å². The first-order chi connectivity index (χ1) is 17.7. The van der Waals surface area contributed by atoms with Gasteiger partial charge in [-0.1, -0.05) is 24.3 Å². The summed E-state index contributed by atoms with van der Waals surface area (Å²) in [7, 11) is 4.64. The minimum absolute atomic E-state index is 0.174. The van der Waals surface area contributed by atoms with Crippen LogP contribution in [0.4, 0.5) is 4.39 Å². The van der Waals surface area contributed by atoms with Crippen LogP contribution in [-0.2, 0) is 4.79 Å². The summed E-state index contributed by atoms with van der Waals surface area (Å²) in [6.45, 7) is 3.86. The Hall–Kier alpha value is -4.20. The third kappa shape index (κ3) is 5.48. The Kier molecular flexibility index (Phi) is 7.57. The molecule has 8 heteroatoms. The number of hydrogen-bond donors (Lipinski definition) is 0. The average Bonchev–Trinajstić information content (AvgIpc) is 3.35. The van der Waals surface area contributed by atoms with Gasteiger partial charge in [-0.3, -0.25) is 9.59 Å². The Balaban J connectivity index is 1.65. The maximum atomic E-state index is 13.6. The summed E-state index contributed by atoms with van der Waals surface area (Å²) in [4.78, 5) is 27.6. The van der Waals surface area contributed by atoms with Crippen LogP contribution in [0.2, 0.25) is 0 Å². The molecular weight excluding hydrogens is 473 g/mol. The van der Waals surface area contributed by atoms with E-state index in [1.54, 1.807) is 20.3 Å². The first kappa shape index (κ1) is 25.9. The largest absolute Gasteiger partial charge is 0.493 e. The van der Waals surface area contributed by atoms with Gasteiger partial charge in [0, 0.05) is 19.0 Å². The van der Waals surface area contributed by atoms with E-state index in [1.165, 1.54) is 40.7 Å². The zero-order valence-electron chi connectivity index (χ0n) is 21.6. The minimum Gasteiger partial charge on any atom is -0.493 e. The number of hydrazone groups is 1. The Bertz CT molecular complexity index is 1370. The van der Waals surface area contributed by atoms with E-state index >= 15 is 0 Å². The standard InChI is InChI=1S/C29H30FN3O4/c1-18-9-10-20(13-19(18)2)24-16-25(21-11-12-26(36-4)27(15-21)37-5)33(31-24)28(34)17-32(3)29(35)22-7-6-8-23(30)14-22/h6-15,25H,16-17H2,1-5H3/t25-/m1/s1. The number of hydrogen-bond acceptors (Lipinski definition) is 5. The Morgan fingerprint density at radius 2 is 1.76 bits per heavy atom. The summed E-state index contributed by atoms with van der Waals surface area (Å²) < 4.78 is 24.5. The molecule has 0 saturated carbocycles. The van der Waals surface area contributed by atoms with Crippen LogP contribution in [0.3, 0.4) is 0 Å². The zero-order chi connectivity index (χ0) is 26.7. The van der Waals surface area contributed by atoms with Crippen molar-refractivity contribution in [3.8, 4) is 11.5 Å². The topological polar surface area (TPSA) is 71.4 Å². The molecule has 1 aliphatic rings. The van der Waals surface area contributed by atoms with Crippen molar-refractivity contribution in [2.24, 2.45) is 5.10 Å². The molecule has 0 saturated heterocycles. The number of aryl methyl sites for hydroxylation is 2. The normalized spacial score (nSPS) is 14.8. The molecule has 0 unspecified atom stereocenters. The van der Waals surface area contributed by atoms with Crippen LogP contribution in [0, 0.1) is 19.7 Å². The molecule has 0 radical (unpaired) electrons. The number of halogens is 1. The van der Waals surface area contributed by atoms with Crippen molar-refractivity contribution < 1.29 is 23.5 Å². The van der Waals surface area contributed by atoms with E-state index in [0.29, 0.717) is 17.9 Å². The monoisotopic (exact) mass is 503 g/mol. The molecule has 37 heavy (non-hydrogen) atoms. The molecule has 1 aliphatic heterocycles. The fourth-order valence-corrected chi connectivity index (χ4v) is 4.34. The van der Waals surface area contributed by atoms with E-state index in [9.17, 15) is 14.0 Å². The van der Waals surface area contributed by atoms with Crippen molar-refractivity contribution in [1.29, 1.82) is 0 Å². The van der Waals surface area contributed by atoms with E-state index in [0.717, 1.165) is 28.5 Å². The van der Waals surface area contributed by atoms with Crippen molar-refractivity contribution in [2.45, 2.75) is 26.3 Å². The summed E-state index contributed by atoms with van der Waals surface area (Å²) >= 11 is 0. The lowest BCUT2D eigenvalue weighted by Crippen LogP contribution is -2.39. The highest BCUT2D eigenvalue weighted by Crippen LogP contribution is 2.37. The molecule has 0 spiro atoms. The molecule has 192 valence electrons. The second-order valence-electron chi connectivity index (χ2n) is 9.09. The van der Waals surface area contributed by atoms with E-state index in [1.807, 2.05) is 38.1 Å². The molecule has 0 fully saturated rings. The number of amides is 2. The zero-order valence-corrected chi connectivity index (χ0v) is 21.6. The molecule has 0 N–H and O–H groups in total. The van der Waals surface area contributed by atoms with Gasteiger partial charge in [-0.15, -0.1) is 0 Å². The van der Waals surface area contributed by atoms with Gasteiger partial charge in [-0.05, 0) is 72.5 Å². The van der Waals surface area contributed by atoms with E-state index in [4.69, 9.17) is 14.6 Å². The smallest absolute Gasteiger partial charge is 0.262 e. The summed E-state index contributed by atoms with van der Waals surface area (Å²) in [6.07, 6.45) is 0.491. The predicted octanol–water partition coefficient (Wildman–Crippen LogP) is 4.91. The number of carbonyl (C=O) groups excluding carboxylic acids is 2. The third-order valence-electron chi connectivity index (χ3n) is 6.59. The van der Waals surface area contributed by atoms with Gasteiger partial charge in [0.15, 0.2) is 11.5 Å². The number of methoxy groups -OCH3 is 2. The van der Waals surface area contributed by atoms with Crippen LogP contribution in [0.1, 0.15) is 45.1 Å². The third-order valence-corrected chi connectivity index (χ3v) is 6.59. The second kappa shape index (κ2) is 10.8. The number of likely N-dealkylation sites (N-methyl/N-ethyl adjacent to an activating group) is 1. The SMILES string of the molecule is COc1ccc([C@H]2CC(c3ccc(C)c(C)c3)=NN2C(=O)CN(C)C(=O)c2cccc(F)c2)cc1OC. The lowest BCUT2D eigenvalue weighted by Gasteiger charge is -2.25. The molecular formula is C29H30FN3O4. The molecule has 2 amide bonds. The van der Waals surface area contributed by atoms with Gasteiger partial charge in [-0.25, -0.2) is 9.40 Å². The lowest BCUT2D eigenvalue weighted by atomic mass is 9.96. The molecule has 0 bridgehead atoms. The molecule has 3 aromatic rings. The molecule has 3 aromatic carbocycles. The highest BCUT2D eigenvalue weighted by Gasteiger charge is 2.34. The van der Waals surface area contributed by atoms with Crippen LogP contribution >= 0.6 is 0 Å². The lowest BCUT2D eigenvalue weighted by molar-refractivity contribution is -0.133. The van der Waals surface area contributed by atoms with Gasteiger partial charge in [0.1, 0.15) is 12.4 Å². The quantitative estimate of drug-likeness (QED) is 0.459. The highest BCUT2D eigenvalue weighted by atomic mass is 19.1. The Morgan fingerprint density at radius 1 is 1.00 bits per heavy atom. The van der Waals surface area contributed by atoms with Gasteiger partial charge >= 0.3 is 0 Å². The minimum atomic E-state index is -0.513. The Morgan fingerprint density at radius 3 is 2.43 bits per heavy atom. The van der Waals surface area contributed by atoms with E-state index in [2.05, 4.69) is 6.07 Å². The van der Waals surface area contributed by atoms with Gasteiger partial charge in [0.05, 0.1) is 26.0 Å². The van der Waals surface area contributed by atoms with Crippen molar-refractivity contribution in [3.63, 3.8) is 0 Å². The summed E-state index contributed by atoms with van der Waals surface area (Å²) in [5.41, 5.74) is 5.01. The number of ether oxygens (including phenoxy) is 2. The van der Waals surface area contributed by atoms with Gasteiger partial charge < -0.3 is 14.4 Å². The molecule has 0 aliphatic carbocycles. The number of nitrogens with zero attached hydrogens (tertiary/aromatic N) is 3. The van der Waals surface area contributed by atoms with Gasteiger partial charge in [0.2, 0.25) is 0 Å². The van der Waals surface area contributed by atoms with Crippen molar-refractivity contribution in [1.82, 2.24) is 9.91 Å². The van der Waals surface area contributed by atoms with Crippen LogP contribution < -0.4 is 9.47 Å². The van der Waals surface area contributed by atoms with Crippen molar-refractivity contribution in [3.05, 3.63) is 94.3 Å². The molecule has 1 atom stereocenters. The number of rotatable bonds is 7. The fraction of sp³-hybridized carbons (Fsp3) is 0.276. The first-order valence-corrected chi connectivity index (χ1v) is 11.9. The molecule has 1 heterocycles. The van der Waals surface area contributed by atoms with Crippen molar-refractivity contribution in [2.75, 3.05) is 27.8 Å². The summed E-state index contributed by atoms with van der Waals surface area (Å²) in [5.74, 6) is -0.191. The summed E-state index contributed by atoms with van der Waals surface area (Å²) in [5, 5.41) is 6.15. The average molecular weight is 504 g/mol. The van der Waals surface area contributed by atoms with Crippen LogP contribution in [-0.4, -0.2) is 55.2 Å². The second-order valence-corrected chi connectivity index (χ2v) is 9.09. The number of carbonyl (C=O) groups is 2. The van der Waals surface area contributed by atoms with Crippen LogP contribution in [0.15, 0.2) is 65.8 Å². The van der Waals surface area contributed by atoms with Crippen molar-refractivity contribution >= 4 is 17.5 Å². The van der Waals surface area contributed by atoms with Crippen LogP contribution in [0.5, 0.6) is 11.5 Å². The molecule has 7 nitrogen and oxygen atoms in total. The van der Waals surface area contributed by atoms with Gasteiger partial charge in [-0.2, -0.15) is 5.10 Å². The van der Waals surface area contributed by atoms with E-state index < -0.39 is 17.8 Å². The summed E-state index contributed by atoms with van der Waals surface area (Å²) in [6, 6.07) is 16.6. The highest BCUT2D eigenvalue weighted by molar-refractivity contribution is 6.04. The maximum Gasteiger partial charge on any atom is 0.262 e. The molecule has 4 rings (SSSR count). The number of benzene rings is 3. The molecule has 0 aromatic heterocycles. The Labute approximate surface area is 216 Å². The maximum absolute atomic E-state index is 13.6. The van der Waals surface area contributed by atoms with Gasteiger partial charge in [0.25, 0.3) is 11.8 Å². The first-order valence-electron chi connectivity index (χ1n) is 11.9. The van der Waals surface area contributed by atoms with Crippen LogP contribution in [0.25, 0.3) is 0 Å².